The molecule has 1 aromatic heterocycles. The fourth-order valence-corrected chi connectivity index (χ4v) is 2.80. The zero-order valence-electron chi connectivity index (χ0n) is 10.1. The number of nitrogens with zero attached hydrogens (tertiary/aromatic N) is 1. The van der Waals surface area contributed by atoms with E-state index in [1.807, 2.05) is 54.7 Å². The minimum Gasteiger partial charge on any atom is -0.384 e. The van der Waals surface area contributed by atoms with Crippen molar-refractivity contribution in [1.82, 2.24) is 4.98 Å². The summed E-state index contributed by atoms with van der Waals surface area (Å²) in [6, 6.07) is 15.8. The Morgan fingerprint density at radius 1 is 1.05 bits per heavy atom. The van der Waals surface area contributed by atoms with Crippen molar-refractivity contribution in [2.75, 3.05) is 0 Å². The van der Waals surface area contributed by atoms with E-state index in [2.05, 4.69) is 27.6 Å². The van der Waals surface area contributed by atoms with Crippen molar-refractivity contribution < 1.29 is 5.11 Å². The summed E-state index contributed by atoms with van der Waals surface area (Å²) in [4.78, 5) is 4.15. The maximum Gasteiger partial charge on any atom is 0.105 e. The molecule has 1 atom stereocenters. The Hall–Kier alpha value is -1.46. The predicted molar refractivity (Wildman–Crippen MR) is 85.0 cm³/mol. The Balaban J connectivity index is 2.14. The molecule has 0 fully saturated rings. The van der Waals surface area contributed by atoms with E-state index in [0.29, 0.717) is 0 Å². The fourth-order valence-electron chi connectivity index (χ4n) is 2.23. The van der Waals surface area contributed by atoms with Crippen LogP contribution in [0.2, 0.25) is 0 Å². The molecular formula is C16H12INO. The van der Waals surface area contributed by atoms with E-state index in [0.717, 1.165) is 25.5 Å². The van der Waals surface area contributed by atoms with Gasteiger partial charge >= 0.3 is 0 Å². The average molecular weight is 361 g/mol. The Labute approximate surface area is 125 Å². The molecule has 94 valence electrons. The lowest BCUT2D eigenvalue weighted by Gasteiger charge is -2.14. The van der Waals surface area contributed by atoms with Crippen LogP contribution in [0.25, 0.3) is 10.8 Å². The Bertz CT molecular complexity index is 721. The number of benzene rings is 2. The molecule has 0 saturated carbocycles. The second-order valence-electron chi connectivity index (χ2n) is 4.40. The van der Waals surface area contributed by atoms with E-state index in [9.17, 15) is 5.11 Å². The van der Waals surface area contributed by atoms with Gasteiger partial charge in [0.1, 0.15) is 6.10 Å². The second kappa shape index (κ2) is 5.27. The normalized spacial score (nSPS) is 12.5. The summed E-state index contributed by atoms with van der Waals surface area (Å²) in [5, 5.41) is 12.7. The number of hydrogen-bond acceptors (Lipinski definition) is 2. The molecule has 1 unspecified atom stereocenters. The number of aromatic nitrogens is 1. The topological polar surface area (TPSA) is 33.1 Å². The van der Waals surface area contributed by atoms with Gasteiger partial charge in [0.15, 0.2) is 0 Å². The zero-order chi connectivity index (χ0) is 13.2. The lowest BCUT2D eigenvalue weighted by Crippen LogP contribution is -2.01. The highest BCUT2D eigenvalue weighted by Crippen LogP contribution is 2.28. The quantitative estimate of drug-likeness (QED) is 0.702. The van der Waals surface area contributed by atoms with Gasteiger partial charge in [0.2, 0.25) is 0 Å². The first kappa shape index (κ1) is 12.6. The Morgan fingerprint density at radius 2 is 1.89 bits per heavy atom. The molecule has 0 radical (unpaired) electrons. The summed E-state index contributed by atoms with van der Waals surface area (Å²) in [5.41, 5.74) is 1.80. The molecule has 0 aliphatic heterocycles. The highest BCUT2D eigenvalue weighted by atomic mass is 127. The molecule has 0 amide bonds. The van der Waals surface area contributed by atoms with Crippen molar-refractivity contribution in [3.05, 3.63) is 75.6 Å². The monoisotopic (exact) mass is 361 g/mol. The van der Waals surface area contributed by atoms with Gasteiger partial charge in [-0.25, -0.2) is 0 Å². The predicted octanol–water partition coefficient (Wildman–Crippen LogP) is 3.92. The van der Waals surface area contributed by atoms with Crippen molar-refractivity contribution in [2.24, 2.45) is 0 Å². The Morgan fingerprint density at radius 3 is 2.74 bits per heavy atom. The molecule has 3 aromatic rings. The highest BCUT2D eigenvalue weighted by Gasteiger charge is 2.13. The largest absolute Gasteiger partial charge is 0.384 e. The second-order valence-corrected chi connectivity index (χ2v) is 5.65. The SMILES string of the molecule is OC(c1cccc(I)c1)c1cccc2ccncc12. The van der Waals surface area contributed by atoms with Gasteiger partial charge in [0.25, 0.3) is 0 Å². The number of halogens is 1. The maximum atomic E-state index is 10.6. The third-order valence-corrected chi connectivity index (χ3v) is 3.85. The summed E-state index contributed by atoms with van der Waals surface area (Å²) < 4.78 is 1.12. The molecule has 3 heteroatoms. The van der Waals surface area contributed by atoms with Crippen LogP contribution in [0.3, 0.4) is 0 Å². The van der Waals surface area contributed by atoms with E-state index in [1.165, 1.54) is 0 Å². The summed E-state index contributed by atoms with van der Waals surface area (Å²) in [7, 11) is 0. The summed E-state index contributed by atoms with van der Waals surface area (Å²) in [5.74, 6) is 0. The van der Waals surface area contributed by atoms with Gasteiger partial charge in [0, 0.05) is 21.4 Å². The molecule has 1 N–H and O–H groups in total. The van der Waals surface area contributed by atoms with Gasteiger partial charge in [-0.3, -0.25) is 4.98 Å². The molecule has 2 nitrogen and oxygen atoms in total. The molecule has 2 aromatic carbocycles. The molecule has 1 heterocycles. The van der Waals surface area contributed by atoms with Crippen LogP contribution in [0.4, 0.5) is 0 Å². The van der Waals surface area contributed by atoms with Crippen molar-refractivity contribution >= 4 is 33.4 Å². The molecular weight excluding hydrogens is 349 g/mol. The van der Waals surface area contributed by atoms with Gasteiger partial charge in [0.05, 0.1) is 0 Å². The summed E-state index contributed by atoms with van der Waals surface area (Å²) >= 11 is 2.25. The van der Waals surface area contributed by atoms with E-state index >= 15 is 0 Å². The van der Waals surface area contributed by atoms with Crippen LogP contribution in [-0.2, 0) is 0 Å². The third-order valence-electron chi connectivity index (χ3n) is 3.18. The first-order valence-electron chi connectivity index (χ1n) is 6.02. The fraction of sp³-hybridized carbons (Fsp3) is 0.0625. The molecule has 0 aliphatic carbocycles. The van der Waals surface area contributed by atoms with Crippen molar-refractivity contribution in [1.29, 1.82) is 0 Å². The number of aliphatic hydroxyl groups is 1. The van der Waals surface area contributed by atoms with Crippen molar-refractivity contribution in [3.8, 4) is 0 Å². The van der Waals surface area contributed by atoms with Gasteiger partial charge < -0.3 is 5.11 Å². The third kappa shape index (κ3) is 2.48. The van der Waals surface area contributed by atoms with Crippen molar-refractivity contribution in [3.63, 3.8) is 0 Å². The van der Waals surface area contributed by atoms with Gasteiger partial charge in [-0.15, -0.1) is 0 Å². The van der Waals surface area contributed by atoms with Crippen LogP contribution in [0.5, 0.6) is 0 Å². The maximum absolute atomic E-state index is 10.6. The van der Waals surface area contributed by atoms with Crippen LogP contribution in [0, 0.1) is 3.57 Å². The minimum absolute atomic E-state index is 0.623. The number of pyridine rings is 1. The standard InChI is InChI=1S/C16H12INO/c17-13-5-1-4-12(9-13)16(19)14-6-2-3-11-7-8-18-10-15(11)14/h1-10,16,19H. The van der Waals surface area contributed by atoms with Crippen LogP contribution in [0.15, 0.2) is 60.9 Å². The number of hydrogen-bond donors (Lipinski definition) is 1. The molecule has 19 heavy (non-hydrogen) atoms. The van der Waals surface area contributed by atoms with Gasteiger partial charge in [-0.2, -0.15) is 0 Å². The molecule has 0 bridgehead atoms. The first-order chi connectivity index (χ1) is 9.25. The lowest BCUT2D eigenvalue weighted by atomic mass is 9.97. The first-order valence-corrected chi connectivity index (χ1v) is 7.10. The lowest BCUT2D eigenvalue weighted by molar-refractivity contribution is 0.222. The van der Waals surface area contributed by atoms with Crippen LogP contribution >= 0.6 is 22.6 Å². The minimum atomic E-state index is -0.623. The Kier molecular flexibility index (Phi) is 3.48. The van der Waals surface area contributed by atoms with E-state index in [-0.39, 0.29) is 0 Å². The van der Waals surface area contributed by atoms with Crippen LogP contribution in [0.1, 0.15) is 17.2 Å². The number of fused-ring (bicyclic) bond motifs is 1. The number of rotatable bonds is 2. The molecule has 0 spiro atoms. The molecule has 3 rings (SSSR count). The number of aliphatic hydroxyl groups excluding tert-OH is 1. The zero-order valence-corrected chi connectivity index (χ0v) is 12.3. The van der Waals surface area contributed by atoms with Gasteiger partial charge in [-0.05, 0) is 57.3 Å². The van der Waals surface area contributed by atoms with Crippen molar-refractivity contribution in [2.45, 2.75) is 6.10 Å². The van der Waals surface area contributed by atoms with E-state index in [1.54, 1.807) is 6.20 Å². The van der Waals surface area contributed by atoms with E-state index < -0.39 is 6.10 Å². The molecule has 0 aliphatic rings. The summed E-state index contributed by atoms with van der Waals surface area (Å²) in [6.07, 6.45) is 2.95. The van der Waals surface area contributed by atoms with Crippen LogP contribution in [-0.4, -0.2) is 10.1 Å². The van der Waals surface area contributed by atoms with Gasteiger partial charge in [-0.1, -0.05) is 30.3 Å². The highest BCUT2D eigenvalue weighted by molar-refractivity contribution is 14.1. The smallest absolute Gasteiger partial charge is 0.105 e. The molecule has 0 saturated heterocycles. The summed E-state index contributed by atoms with van der Waals surface area (Å²) in [6.45, 7) is 0. The van der Waals surface area contributed by atoms with E-state index in [4.69, 9.17) is 0 Å². The average Bonchev–Trinajstić information content (AvgIpc) is 2.46. The van der Waals surface area contributed by atoms with Crippen LogP contribution < -0.4 is 0 Å².